The Labute approximate surface area is 117 Å². The van der Waals surface area contributed by atoms with E-state index in [-0.39, 0.29) is 11.9 Å². The average molecular weight is 277 g/mol. The maximum absolute atomic E-state index is 11.6. The molecular formula is C14H19N3OS. The van der Waals surface area contributed by atoms with Crippen LogP contribution in [0, 0.1) is 0 Å². The number of nitrogens with two attached hydrogens (primary N) is 1. The molecule has 19 heavy (non-hydrogen) atoms. The van der Waals surface area contributed by atoms with Gasteiger partial charge < -0.3 is 11.1 Å². The number of amides is 1. The Hall–Kier alpha value is -1.46. The molecule has 0 saturated heterocycles. The summed E-state index contributed by atoms with van der Waals surface area (Å²) >= 11 is 1.70. The molecule has 0 unspecified atom stereocenters. The van der Waals surface area contributed by atoms with Crippen molar-refractivity contribution in [3.8, 4) is 0 Å². The SMILES string of the molecule is C[C@@H](CN)NC(=O)CCCc1nc2ccccc2s1. The molecule has 0 aliphatic carbocycles. The fourth-order valence-corrected chi connectivity index (χ4v) is 2.84. The van der Waals surface area contributed by atoms with Crippen LogP contribution in [0.4, 0.5) is 0 Å². The first-order chi connectivity index (χ1) is 9.19. The normalized spacial score (nSPS) is 12.5. The molecular weight excluding hydrogens is 258 g/mol. The minimum Gasteiger partial charge on any atom is -0.352 e. The van der Waals surface area contributed by atoms with Gasteiger partial charge in [0.25, 0.3) is 0 Å². The van der Waals surface area contributed by atoms with E-state index < -0.39 is 0 Å². The quantitative estimate of drug-likeness (QED) is 0.849. The molecule has 1 atom stereocenters. The second kappa shape index (κ2) is 6.63. The van der Waals surface area contributed by atoms with Gasteiger partial charge in [0, 0.05) is 19.0 Å². The van der Waals surface area contributed by atoms with Crippen LogP contribution in [-0.2, 0) is 11.2 Å². The summed E-state index contributed by atoms with van der Waals surface area (Å²) in [7, 11) is 0. The van der Waals surface area contributed by atoms with E-state index in [1.165, 1.54) is 4.70 Å². The summed E-state index contributed by atoms with van der Waals surface area (Å²) in [6.07, 6.45) is 2.20. The van der Waals surface area contributed by atoms with Crippen LogP contribution < -0.4 is 11.1 Å². The van der Waals surface area contributed by atoms with Crippen LogP contribution in [0.2, 0.25) is 0 Å². The first kappa shape index (κ1) is 14.0. The first-order valence-electron chi connectivity index (χ1n) is 6.53. The Bertz CT molecular complexity index is 519. The van der Waals surface area contributed by atoms with E-state index in [9.17, 15) is 4.79 Å². The van der Waals surface area contributed by atoms with Crippen molar-refractivity contribution in [2.75, 3.05) is 6.54 Å². The molecule has 0 radical (unpaired) electrons. The van der Waals surface area contributed by atoms with E-state index in [4.69, 9.17) is 5.73 Å². The van der Waals surface area contributed by atoms with E-state index in [0.717, 1.165) is 23.4 Å². The van der Waals surface area contributed by atoms with Crippen LogP contribution in [0.3, 0.4) is 0 Å². The molecule has 102 valence electrons. The lowest BCUT2D eigenvalue weighted by Gasteiger charge is -2.10. The van der Waals surface area contributed by atoms with E-state index >= 15 is 0 Å². The molecule has 3 N–H and O–H groups in total. The predicted octanol–water partition coefficient (Wildman–Crippen LogP) is 2.08. The largest absolute Gasteiger partial charge is 0.352 e. The minimum absolute atomic E-state index is 0.0509. The number of fused-ring (bicyclic) bond motifs is 1. The van der Waals surface area contributed by atoms with Crippen molar-refractivity contribution in [2.24, 2.45) is 5.73 Å². The highest BCUT2D eigenvalue weighted by molar-refractivity contribution is 7.18. The van der Waals surface area contributed by atoms with Gasteiger partial charge in [0.2, 0.25) is 5.91 Å². The Morgan fingerprint density at radius 1 is 1.47 bits per heavy atom. The number of rotatable bonds is 6. The summed E-state index contributed by atoms with van der Waals surface area (Å²) in [6.45, 7) is 2.38. The third-order valence-corrected chi connectivity index (χ3v) is 3.99. The van der Waals surface area contributed by atoms with Crippen molar-refractivity contribution in [1.29, 1.82) is 0 Å². The van der Waals surface area contributed by atoms with Gasteiger partial charge in [-0.2, -0.15) is 0 Å². The maximum Gasteiger partial charge on any atom is 0.220 e. The second-order valence-corrected chi connectivity index (χ2v) is 5.75. The summed E-state index contributed by atoms with van der Waals surface area (Å²) in [6, 6.07) is 8.16. The monoisotopic (exact) mass is 277 g/mol. The summed E-state index contributed by atoms with van der Waals surface area (Å²) in [5, 5.41) is 3.96. The highest BCUT2D eigenvalue weighted by atomic mass is 32.1. The van der Waals surface area contributed by atoms with Gasteiger partial charge in [-0.1, -0.05) is 12.1 Å². The van der Waals surface area contributed by atoms with E-state index in [0.29, 0.717) is 13.0 Å². The fourth-order valence-electron chi connectivity index (χ4n) is 1.83. The van der Waals surface area contributed by atoms with E-state index in [1.54, 1.807) is 11.3 Å². The highest BCUT2D eigenvalue weighted by Gasteiger charge is 2.07. The number of nitrogens with zero attached hydrogens (tertiary/aromatic N) is 1. The summed E-state index contributed by atoms with van der Waals surface area (Å²) in [5.74, 6) is 0.0686. The number of hydrogen-bond donors (Lipinski definition) is 2. The second-order valence-electron chi connectivity index (χ2n) is 4.63. The number of carbonyl (C=O) groups is 1. The number of aromatic nitrogens is 1. The van der Waals surface area contributed by atoms with Crippen molar-refractivity contribution in [2.45, 2.75) is 32.2 Å². The first-order valence-corrected chi connectivity index (χ1v) is 7.34. The third kappa shape index (κ3) is 4.01. The zero-order chi connectivity index (χ0) is 13.7. The Morgan fingerprint density at radius 2 is 2.26 bits per heavy atom. The Kier molecular flexibility index (Phi) is 4.87. The lowest BCUT2D eigenvalue weighted by Crippen LogP contribution is -2.37. The lowest BCUT2D eigenvalue weighted by molar-refractivity contribution is -0.121. The lowest BCUT2D eigenvalue weighted by atomic mass is 10.2. The van der Waals surface area contributed by atoms with Crippen molar-refractivity contribution in [1.82, 2.24) is 10.3 Å². The number of thiazole rings is 1. The fraction of sp³-hybridized carbons (Fsp3) is 0.429. The number of benzene rings is 1. The molecule has 1 aromatic carbocycles. The smallest absolute Gasteiger partial charge is 0.220 e. The molecule has 2 aromatic rings. The molecule has 0 spiro atoms. The van der Waals surface area contributed by atoms with Gasteiger partial charge >= 0.3 is 0 Å². The molecule has 1 amide bonds. The standard InChI is InChI=1S/C14H19N3OS/c1-10(9-15)16-13(18)7-4-8-14-17-11-5-2-3-6-12(11)19-14/h2-3,5-6,10H,4,7-9,15H2,1H3,(H,16,18)/t10-/m0/s1. The number of aryl methyl sites for hydroxylation is 1. The summed E-state index contributed by atoms with van der Waals surface area (Å²) in [5.41, 5.74) is 6.51. The van der Waals surface area contributed by atoms with Gasteiger partial charge in [0.05, 0.1) is 15.2 Å². The van der Waals surface area contributed by atoms with Crippen LogP contribution in [0.1, 0.15) is 24.8 Å². The molecule has 1 heterocycles. The van der Waals surface area contributed by atoms with Gasteiger partial charge in [-0.15, -0.1) is 11.3 Å². The van der Waals surface area contributed by atoms with E-state index in [1.807, 2.05) is 25.1 Å². The number of carbonyl (C=O) groups excluding carboxylic acids is 1. The van der Waals surface area contributed by atoms with Crippen LogP contribution in [0.25, 0.3) is 10.2 Å². The van der Waals surface area contributed by atoms with Gasteiger partial charge in [0.1, 0.15) is 0 Å². The number of nitrogens with one attached hydrogen (secondary N) is 1. The highest BCUT2D eigenvalue weighted by Crippen LogP contribution is 2.22. The van der Waals surface area contributed by atoms with Crippen LogP contribution in [-0.4, -0.2) is 23.5 Å². The Morgan fingerprint density at radius 3 is 3.00 bits per heavy atom. The zero-order valence-electron chi connectivity index (χ0n) is 11.1. The van der Waals surface area contributed by atoms with Gasteiger partial charge in [-0.25, -0.2) is 4.98 Å². The number of para-hydroxylation sites is 1. The van der Waals surface area contributed by atoms with Crippen LogP contribution in [0.5, 0.6) is 0 Å². The van der Waals surface area contributed by atoms with Crippen molar-refractivity contribution in [3.05, 3.63) is 29.3 Å². The maximum atomic E-state index is 11.6. The molecule has 2 rings (SSSR count). The molecule has 0 bridgehead atoms. The average Bonchev–Trinajstić information content (AvgIpc) is 2.81. The van der Waals surface area contributed by atoms with Crippen LogP contribution >= 0.6 is 11.3 Å². The minimum atomic E-state index is 0.0509. The van der Waals surface area contributed by atoms with Gasteiger partial charge in [0.15, 0.2) is 0 Å². The molecule has 0 aliphatic heterocycles. The molecule has 0 fully saturated rings. The van der Waals surface area contributed by atoms with Crippen molar-refractivity contribution < 1.29 is 4.79 Å². The van der Waals surface area contributed by atoms with E-state index in [2.05, 4.69) is 16.4 Å². The third-order valence-electron chi connectivity index (χ3n) is 2.89. The van der Waals surface area contributed by atoms with Crippen LogP contribution in [0.15, 0.2) is 24.3 Å². The van der Waals surface area contributed by atoms with Crippen molar-refractivity contribution in [3.63, 3.8) is 0 Å². The topological polar surface area (TPSA) is 68.0 Å². The van der Waals surface area contributed by atoms with Crippen molar-refractivity contribution >= 4 is 27.5 Å². The predicted molar refractivity (Wildman–Crippen MR) is 79.2 cm³/mol. The van der Waals surface area contributed by atoms with Gasteiger partial charge in [-0.3, -0.25) is 4.79 Å². The molecule has 5 heteroatoms. The molecule has 4 nitrogen and oxygen atoms in total. The number of hydrogen-bond acceptors (Lipinski definition) is 4. The van der Waals surface area contributed by atoms with Gasteiger partial charge in [-0.05, 0) is 31.9 Å². The molecule has 0 saturated carbocycles. The summed E-state index contributed by atoms with van der Waals surface area (Å²) in [4.78, 5) is 16.1. The molecule has 1 aromatic heterocycles. The summed E-state index contributed by atoms with van der Waals surface area (Å²) < 4.78 is 1.21. The molecule has 0 aliphatic rings. The Balaban J connectivity index is 1.81. The zero-order valence-corrected chi connectivity index (χ0v) is 11.9.